The van der Waals surface area contributed by atoms with Crippen LogP contribution in [-0.2, 0) is 25.9 Å². The summed E-state index contributed by atoms with van der Waals surface area (Å²) in [6, 6.07) is 0. The number of hydrogen-bond acceptors (Lipinski definition) is 2. The van der Waals surface area contributed by atoms with E-state index in [-0.39, 0.29) is 0 Å². The molecule has 1 aliphatic carbocycles. The number of aromatic nitrogens is 2. The van der Waals surface area contributed by atoms with Gasteiger partial charge in [0, 0.05) is 38.2 Å². The van der Waals surface area contributed by atoms with Crippen molar-refractivity contribution >= 4 is 0 Å². The molecule has 0 spiro atoms. The summed E-state index contributed by atoms with van der Waals surface area (Å²) < 4.78 is 2.55. The molecule has 2 unspecified atom stereocenters. The van der Waals surface area contributed by atoms with Gasteiger partial charge in [0.15, 0.2) is 0 Å². The minimum atomic E-state index is 0.887. The molecule has 3 rings (SSSR count). The number of imidazole rings is 1. The van der Waals surface area contributed by atoms with Crippen molar-refractivity contribution in [2.24, 2.45) is 11.8 Å². The van der Waals surface area contributed by atoms with E-state index in [9.17, 15) is 0 Å². The van der Waals surface area contributed by atoms with Gasteiger partial charge in [-0.25, -0.2) is 4.98 Å². The maximum Gasteiger partial charge on any atom is 0.108 e. The average molecular weight is 247 g/mol. The molecule has 0 radical (unpaired) electrons. The van der Waals surface area contributed by atoms with Crippen LogP contribution in [0.15, 0.2) is 0 Å². The van der Waals surface area contributed by atoms with Crippen LogP contribution in [0.5, 0.6) is 0 Å². The summed E-state index contributed by atoms with van der Waals surface area (Å²) in [4.78, 5) is 4.83. The summed E-state index contributed by atoms with van der Waals surface area (Å²) in [5.41, 5.74) is 2.83. The Hall–Kier alpha value is -0.830. The minimum Gasteiger partial charge on any atom is -0.331 e. The first kappa shape index (κ1) is 12.2. The number of hydrogen-bond donors (Lipinski definition) is 1. The normalized spacial score (nSPS) is 27.4. The van der Waals surface area contributed by atoms with Crippen LogP contribution < -0.4 is 5.32 Å². The molecule has 0 saturated heterocycles. The first-order valence-electron chi connectivity index (χ1n) is 7.55. The number of aryl methyl sites for hydroxylation is 1. The third kappa shape index (κ3) is 2.20. The number of nitrogens with zero attached hydrogens (tertiary/aromatic N) is 2. The van der Waals surface area contributed by atoms with E-state index < -0.39 is 0 Å². The molecule has 1 aromatic rings. The Labute approximate surface area is 110 Å². The van der Waals surface area contributed by atoms with Gasteiger partial charge in [-0.2, -0.15) is 0 Å². The van der Waals surface area contributed by atoms with Gasteiger partial charge in [0.1, 0.15) is 5.82 Å². The second-order valence-electron chi connectivity index (χ2n) is 6.10. The van der Waals surface area contributed by atoms with Crippen LogP contribution in [0.1, 0.15) is 50.3 Å². The lowest BCUT2D eigenvalue weighted by molar-refractivity contribution is 0.422. The zero-order valence-electron chi connectivity index (χ0n) is 11.7. The lowest BCUT2D eigenvalue weighted by Crippen LogP contribution is -2.25. The lowest BCUT2D eigenvalue weighted by atomic mass is 10.1. The van der Waals surface area contributed by atoms with Crippen LogP contribution >= 0.6 is 0 Å². The highest BCUT2D eigenvalue weighted by atomic mass is 15.1. The quantitative estimate of drug-likeness (QED) is 0.889. The van der Waals surface area contributed by atoms with Crippen LogP contribution in [0.3, 0.4) is 0 Å². The zero-order chi connectivity index (χ0) is 12.5. The smallest absolute Gasteiger partial charge is 0.108 e. The standard InChI is InChI=1S/C15H25N3/c1-3-15-17-13-9-16-7-6-14(13)18(15)10-12-5-4-11(2)8-12/h11-12,16H,3-10H2,1-2H3. The molecule has 0 aromatic carbocycles. The van der Waals surface area contributed by atoms with E-state index >= 15 is 0 Å². The second-order valence-corrected chi connectivity index (χ2v) is 6.10. The van der Waals surface area contributed by atoms with Gasteiger partial charge >= 0.3 is 0 Å². The fourth-order valence-electron chi connectivity index (χ4n) is 3.66. The van der Waals surface area contributed by atoms with E-state index in [1.807, 2.05) is 0 Å². The molecule has 2 aliphatic rings. The minimum absolute atomic E-state index is 0.887. The topological polar surface area (TPSA) is 29.9 Å². The van der Waals surface area contributed by atoms with Gasteiger partial charge < -0.3 is 9.88 Å². The molecule has 2 atom stereocenters. The third-order valence-electron chi connectivity index (χ3n) is 4.63. The van der Waals surface area contributed by atoms with Crippen LogP contribution in [0.4, 0.5) is 0 Å². The molecule has 0 bridgehead atoms. The van der Waals surface area contributed by atoms with Crippen molar-refractivity contribution in [3.63, 3.8) is 0 Å². The Morgan fingerprint density at radius 2 is 2.28 bits per heavy atom. The largest absolute Gasteiger partial charge is 0.331 e. The van der Waals surface area contributed by atoms with E-state index in [4.69, 9.17) is 4.98 Å². The van der Waals surface area contributed by atoms with Gasteiger partial charge in [-0.1, -0.05) is 20.3 Å². The molecule has 1 aromatic heterocycles. The van der Waals surface area contributed by atoms with Gasteiger partial charge in [-0.15, -0.1) is 0 Å². The predicted octanol–water partition coefficient (Wildman–Crippen LogP) is 2.53. The SMILES string of the molecule is CCc1nc2c(n1CC1CCC(C)C1)CCNC2. The van der Waals surface area contributed by atoms with Gasteiger partial charge in [-0.3, -0.25) is 0 Å². The summed E-state index contributed by atoms with van der Waals surface area (Å²) in [7, 11) is 0. The van der Waals surface area contributed by atoms with Gasteiger partial charge in [0.25, 0.3) is 0 Å². The summed E-state index contributed by atoms with van der Waals surface area (Å²) in [6.45, 7) is 7.93. The van der Waals surface area contributed by atoms with E-state index in [0.717, 1.165) is 37.8 Å². The molecule has 18 heavy (non-hydrogen) atoms. The van der Waals surface area contributed by atoms with Crippen molar-refractivity contribution in [2.75, 3.05) is 6.54 Å². The fourth-order valence-corrected chi connectivity index (χ4v) is 3.66. The van der Waals surface area contributed by atoms with Crippen molar-refractivity contribution in [3.8, 4) is 0 Å². The molecule has 1 saturated carbocycles. The average Bonchev–Trinajstić information content (AvgIpc) is 2.94. The zero-order valence-corrected chi connectivity index (χ0v) is 11.7. The maximum absolute atomic E-state index is 4.83. The monoisotopic (exact) mass is 247 g/mol. The Morgan fingerprint density at radius 3 is 3.00 bits per heavy atom. The van der Waals surface area contributed by atoms with Crippen molar-refractivity contribution in [1.82, 2.24) is 14.9 Å². The molecular formula is C15H25N3. The molecule has 2 heterocycles. The van der Waals surface area contributed by atoms with Crippen molar-refractivity contribution in [2.45, 2.75) is 59.0 Å². The molecule has 3 heteroatoms. The van der Waals surface area contributed by atoms with Crippen molar-refractivity contribution < 1.29 is 0 Å². The highest BCUT2D eigenvalue weighted by Crippen LogP contribution is 2.32. The molecular weight excluding hydrogens is 222 g/mol. The van der Waals surface area contributed by atoms with E-state index in [2.05, 4.69) is 23.7 Å². The van der Waals surface area contributed by atoms with Crippen LogP contribution in [0.25, 0.3) is 0 Å². The highest BCUT2D eigenvalue weighted by molar-refractivity contribution is 5.20. The number of rotatable bonds is 3. The van der Waals surface area contributed by atoms with Crippen LogP contribution in [0, 0.1) is 11.8 Å². The number of fused-ring (bicyclic) bond motifs is 1. The van der Waals surface area contributed by atoms with Crippen LogP contribution in [-0.4, -0.2) is 16.1 Å². The molecule has 1 fully saturated rings. The molecule has 1 aliphatic heterocycles. The Balaban J connectivity index is 1.83. The lowest BCUT2D eigenvalue weighted by Gasteiger charge is -2.19. The van der Waals surface area contributed by atoms with Gasteiger partial charge in [-0.05, 0) is 24.7 Å². The maximum atomic E-state index is 4.83. The molecule has 0 amide bonds. The highest BCUT2D eigenvalue weighted by Gasteiger charge is 2.25. The first-order valence-corrected chi connectivity index (χ1v) is 7.55. The van der Waals surface area contributed by atoms with Gasteiger partial charge in [0.2, 0.25) is 0 Å². The Morgan fingerprint density at radius 1 is 1.39 bits per heavy atom. The fraction of sp³-hybridized carbons (Fsp3) is 0.800. The van der Waals surface area contributed by atoms with Crippen LogP contribution in [0.2, 0.25) is 0 Å². The van der Waals surface area contributed by atoms with Crippen molar-refractivity contribution in [3.05, 3.63) is 17.2 Å². The summed E-state index contributed by atoms with van der Waals surface area (Å²) in [6.07, 6.45) is 6.47. The summed E-state index contributed by atoms with van der Waals surface area (Å²) in [5.74, 6) is 3.13. The number of nitrogens with one attached hydrogen (secondary N) is 1. The molecule has 100 valence electrons. The summed E-state index contributed by atoms with van der Waals surface area (Å²) >= 11 is 0. The molecule has 1 N–H and O–H groups in total. The van der Waals surface area contributed by atoms with E-state index in [0.29, 0.717) is 0 Å². The van der Waals surface area contributed by atoms with Gasteiger partial charge in [0.05, 0.1) is 5.69 Å². The van der Waals surface area contributed by atoms with Crippen molar-refractivity contribution in [1.29, 1.82) is 0 Å². The second kappa shape index (κ2) is 5.04. The van der Waals surface area contributed by atoms with E-state index in [1.165, 1.54) is 43.0 Å². The summed E-state index contributed by atoms with van der Waals surface area (Å²) in [5, 5.41) is 3.43. The Bertz CT molecular complexity index is 422. The first-order chi connectivity index (χ1) is 8.78. The van der Waals surface area contributed by atoms with E-state index in [1.54, 1.807) is 0 Å². The predicted molar refractivity (Wildman–Crippen MR) is 73.5 cm³/mol. The molecule has 3 nitrogen and oxygen atoms in total. The third-order valence-corrected chi connectivity index (χ3v) is 4.63. The Kier molecular flexibility index (Phi) is 3.42.